The minimum atomic E-state index is -0.703. The van der Waals surface area contributed by atoms with Crippen molar-refractivity contribution in [1.29, 1.82) is 0 Å². The first-order chi connectivity index (χ1) is 6.66. The van der Waals surface area contributed by atoms with Gasteiger partial charge in [-0.25, -0.2) is 4.79 Å². The number of aryl methyl sites for hydroxylation is 1. The number of amides is 1. The molecular formula is C10H10BrNO2. The molecule has 1 aromatic carbocycles. The molecule has 0 aromatic heterocycles. The molecule has 0 saturated heterocycles. The van der Waals surface area contributed by atoms with Crippen LogP contribution >= 0.6 is 15.9 Å². The van der Waals surface area contributed by atoms with Crippen molar-refractivity contribution in [3.8, 4) is 0 Å². The van der Waals surface area contributed by atoms with Crippen molar-refractivity contribution in [2.75, 3.05) is 0 Å². The molecule has 1 amide bonds. The van der Waals surface area contributed by atoms with Gasteiger partial charge >= 0.3 is 6.09 Å². The third kappa shape index (κ3) is 1.75. The minimum Gasteiger partial charge on any atom is -0.441 e. The van der Waals surface area contributed by atoms with Crippen LogP contribution in [0.5, 0.6) is 0 Å². The molecule has 1 aliphatic carbocycles. The van der Waals surface area contributed by atoms with Gasteiger partial charge in [-0.15, -0.1) is 0 Å². The predicted molar refractivity (Wildman–Crippen MR) is 55.9 cm³/mol. The summed E-state index contributed by atoms with van der Waals surface area (Å²) in [6, 6.07) is 5.97. The third-order valence-corrected chi connectivity index (χ3v) is 2.88. The number of carbonyl (C=O) groups excluding carboxylic acids is 1. The Morgan fingerprint density at radius 3 is 3.07 bits per heavy atom. The molecule has 2 N–H and O–H groups in total. The SMILES string of the molecule is NC(=O)O[C@@H]1CCc2cc(Br)ccc21. The van der Waals surface area contributed by atoms with Gasteiger partial charge in [0.2, 0.25) is 0 Å². The maximum Gasteiger partial charge on any atom is 0.405 e. The predicted octanol–water partition coefficient (Wildman–Crippen LogP) is 2.53. The number of halogens is 1. The molecule has 0 fully saturated rings. The normalized spacial score (nSPS) is 19.1. The number of carbonyl (C=O) groups is 1. The van der Waals surface area contributed by atoms with Gasteiger partial charge in [0.05, 0.1) is 0 Å². The number of hydrogen-bond acceptors (Lipinski definition) is 2. The third-order valence-electron chi connectivity index (χ3n) is 2.39. The summed E-state index contributed by atoms with van der Waals surface area (Å²) in [6.07, 6.45) is 0.905. The molecule has 3 nitrogen and oxygen atoms in total. The molecule has 4 heteroatoms. The van der Waals surface area contributed by atoms with E-state index < -0.39 is 6.09 Å². The van der Waals surface area contributed by atoms with Crippen LogP contribution in [0.4, 0.5) is 4.79 Å². The molecule has 1 atom stereocenters. The molecule has 14 heavy (non-hydrogen) atoms. The average Bonchev–Trinajstić information content (AvgIpc) is 2.47. The van der Waals surface area contributed by atoms with E-state index in [0.29, 0.717) is 0 Å². The van der Waals surface area contributed by atoms with E-state index in [9.17, 15) is 4.79 Å². The van der Waals surface area contributed by atoms with Gasteiger partial charge < -0.3 is 10.5 Å². The summed E-state index contributed by atoms with van der Waals surface area (Å²) in [5.41, 5.74) is 7.29. The number of hydrogen-bond donors (Lipinski definition) is 1. The van der Waals surface area contributed by atoms with Crippen molar-refractivity contribution in [1.82, 2.24) is 0 Å². The van der Waals surface area contributed by atoms with Gasteiger partial charge in [0.25, 0.3) is 0 Å². The van der Waals surface area contributed by atoms with Crippen LogP contribution in [0.1, 0.15) is 23.7 Å². The number of benzene rings is 1. The molecule has 74 valence electrons. The molecule has 0 radical (unpaired) electrons. The molecule has 0 bridgehead atoms. The number of ether oxygens (including phenoxy) is 1. The maximum absolute atomic E-state index is 10.6. The lowest BCUT2D eigenvalue weighted by molar-refractivity contribution is 0.107. The van der Waals surface area contributed by atoms with Crippen LogP contribution in [-0.4, -0.2) is 6.09 Å². The molecule has 0 aliphatic heterocycles. The maximum atomic E-state index is 10.6. The van der Waals surface area contributed by atoms with Gasteiger partial charge in [0.1, 0.15) is 6.10 Å². The zero-order valence-corrected chi connectivity index (χ0v) is 9.08. The Balaban J connectivity index is 2.26. The molecule has 0 heterocycles. The van der Waals surface area contributed by atoms with Crippen molar-refractivity contribution in [3.05, 3.63) is 33.8 Å². The second-order valence-corrected chi connectivity index (χ2v) is 4.22. The van der Waals surface area contributed by atoms with Gasteiger partial charge in [-0.1, -0.05) is 22.0 Å². The second-order valence-electron chi connectivity index (χ2n) is 3.31. The second kappa shape index (κ2) is 3.61. The highest BCUT2D eigenvalue weighted by Gasteiger charge is 2.24. The van der Waals surface area contributed by atoms with E-state index in [4.69, 9.17) is 10.5 Å². The van der Waals surface area contributed by atoms with Crippen LogP contribution in [0.15, 0.2) is 22.7 Å². The molecule has 0 unspecified atom stereocenters. The van der Waals surface area contributed by atoms with E-state index in [1.807, 2.05) is 12.1 Å². The lowest BCUT2D eigenvalue weighted by Gasteiger charge is -2.10. The van der Waals surface area contributed by atoms with Gasteiger partial charge in [0.15, 0.2) is 0 Å². The molecular weight excluding hydrogens is 246 g/mol. The van der Waals surface area contributed by atoms with Crippen LogP contribution in [0, 0.1) is 0 Å². The summed E-state index contributed by atoms with van der Waals surface area (Å²) in [6.45, 7) is 0. The van der Waals surface area contributed by atoms with Crippen molar-refractivity contribution in [3.63, 3.8) is 0 Å². The Labute approximate surface area is 90.4 Å². The van der Waals surface area contributed by atoms with Crippen molar-refractivity contribution in [2.45, 2.75) is 18.9 Å². The fourth-order valence-electron chi connectivity index (χ4n) is 1.81. The lowest BCUT2D eigenvalue weighted by Crippen LogP contribution is -2.15. The first-order valence-electron chi connectivity index (χ1n) is 4.41. The summed E-state index contributed by atoms with van der Waals surface area (Å²) in [5.74, 6) is 0. The summed E-state index contributed by atoms with van der Waals surface area (Å²) in [5, 5.41) is 0. The average molecular weight is 256 g/mol. The van der Waals surface area contributed by atoms with Crippen molar-refractivity contribution in [2.24, 2.45) is 5.73 Å². The molecule has 2 rings (SSSR count). The highest BCUT2D eigenvalue weighted by atomic mass is 79.9. The van der Waals surface area contributed by atoms with Crippen LogP contribution < -0.4 is 5.73 Å². The van der Waals surface area contributed by atoms with E-state index in [2.05, 4.69) is 22.0 Å². The Bertz CT molecular complexity index is 378. The zero-order valence-electron chi connectivity index (χ0n) is 7.50. The summed E-state index contributed by atoms with van der Waals surface area (Å²) >= 11 is 3.40. The first-order valence-corrected chi connectivity index (χ1v) is 5.20. The molecule has 1 aromatic rings. The van der Waals surface area contributed by atoms with Crippen LogP contribution in [0.3, 0.4) is 0 Å². The number of primary amides is 1. The molecule has 0 spiro atoms. The van der Waals surface area contributed by atoms with Crippen molar-refractivity contribution < 1.29 is 9.53 Å². The monoisotopic (exact) mass is 255 g/mol. The fourth-order valence-corrected chi connectivity index (χ4v) is 2.22. The quantitative estimate of drug-likeness (QED) is 0.839. The van der Waals surface area contributed by atoms with E-state index in [1.54, 1.807) is 0 Å². The Kier molecular flexibility index (Phi) is 2.46. The highest BCUT2D eigenvalue weighted by Crippen LogP contribution is 2.35. The standard InChI is InChI=1S/C10H10BrNO2/c11-7-2-3-8-6(5-7)1-4-9(8)14-10(12)13/h2-3,5,9H,1,4H2,(H2,12,13)/t9-/m1/s1. The van der Waals surface area contributed by atoms with Gasteiger partial charge in [-0.3, -0.25) is 0 Å². The zero-order chi connectivity index (χ0) is 10.1. The van der Waals surface area contributed by atoms with Crippen LogP contribution in [-0.2, 0) is 11.2 Å². The lowest BCUT2D eigenvalue weighted by atomic mass is 10.1. The first kappa shape index (κ1) is 9.52. The number of nitrogens with two attached hydrogens (primary N) is 1. The summed E-state index contributed by atoms with van der Waals surface area (Å²) < 4.78 is 6.05. The number of fused-ring (bicyclic) bond motifs is 1. The Morgan fingerprint density at radius 1 is 1.57 bits per heavy atom. The summed E-state index contributed by atoms with van der Waals surface area (Å²) in [7, 11) is 0. The van der Waals surface area contributed by atoms with Crippen LogP contribution in [0.2, 0.25) is 0 Å². The largest absolute Gasteiger partial charge is 0.441 e. The Hall–Kier alpha value is -1.03. The van der Waals surface area contributed by atoms with E-state index in [1.165, 1.54) is 5.56 Å². The van der Waals surface area contributed by atoms with Crippen LogP contribution in [0.25, 0.3) is 0 Å². The minimum absolute atomic E-state index is 0.157. The van der Waals surface area contributed by atoms with E-state index >= 15 is 0 Å². The summed E-state index contributed by atoms with van der Waals surface area (Å²) in [4.78, 5) is 10.6. The number of rotatable bonds is 1. The molecule has 0 saturated carbocycles. The van der Waals surface area contributed by atoms with E-state index in [0.717, 1.165) is 22.9 Å². The fraction of sp³-hybridized carbons (Fsp3) is 0.300. The van der Waals surface area contributed by atoms with Crippen molar-refractivity contribution >= 4 is 22.0 Å². The van der Waals surface area contributed by atoms with Gasteiger partial charge in [-0.05, 0) is 36.1 Å². The molecule has 1 aliphatic rings. The van der Waals surface area contributed by atoms with Gasteiger partial charge in [-0.2, -0.15) is 0 Å². The Morgan fingerprint density at radius 2 is 2.36 bits per heavy atom. The van der Waals surface area contributed by atoms with E-state index in [-0.39, 0.29) is 6.10 Å². The smallest absolute Gasteiger partial charge is 0.405 e. The highest BCUT2D eigenvalue weighted by molar-refractivity contribution is 9.10. The van der Waals surface area contributed by atoms with Gasteiger partial charge in [0, 0.05) is 4.47 Å². The topological polar surface area (TPSA) is 52.3 Å².